The van der Waals surface area contributed by atoms with Crippen molar-refractivity contribution in [2.75, 3.05) is 0 Å². The van der Waals surface area contributed by atoms with Gasteiger partial charge in [0.1, 0.15) is 10.8 Å². The molecule has 0 radical (unpaired) electrons. The molecule has 0 atom stereocenters. The molecule has 9 heteroatoms. The van der Waals surface area contributed by atoms with Gasteiger partial charge in [-0.1, -0.05) is 0 Å². The van der Waals surface area contributed by atoms with Crippen molar-refractivity contribution in [3.63, 3.8) is 0 Å². The monoisotopic (exact) mass is 189 g/mol. The maximum Gasteiger partial charge on any atom is 0.351 e. The number of aliphatic carboxylic acids is 1. The second-order valence-corrected chi connectivity index (χ2v) is 1.84. The number of nitrogens with one attached hydrogen (secondary N) is 1. The summed E-state index contributed by atoms with van der Waals surface area (Å²) in [6.45, 7) is 1.19. The van der Waals surface area contributed by atoms with E-state index in [-0.39, 0.29) is 5.71 Å². The predicted molar refractivity (Wildman–Crippen MR) is 42.5 cm³/mol. The van der Waals surface area contributed by atoms with Gasteiger partial charge in [-0.15, -0.1) is 0 Å². The van der Waals surface area contributed by atoms with Gasteiger partial charge in [0.25, 0.3) is 5.96 Å². The lowest BCUT2D eigenvalue weighted by Gasteiger charge is -1.94. The third kappa shape index (κ3) is 5.12. The number of rotatable bonds is 3. The normalized spacial score (nSPS) is 12.4. The summed E-state index contributed by atoms with van der Waals surface area (Å²) in [5, 5.41) is 22.8. The highest BCUT2D eigenvalue weighted by atomic mass is 16.7. The summed E-state index contributed by atoms with van der Waals surface area (Å²) in [5.41, 5.74) is 6.52. The van der Waals surface area contributed by atoms with E-state index in [2.05, 4.69) is 10.2 Å². The fourth-order valence-corrected chi connectivity index (χ4v) is 0.299. The third-order valence-corrected chi connectivity index (χ3v) is 0.837. The second kappa shape index (κ2) is 4.64. The Morgan fingerprint density at radius 1 is 1.69 bits per heavy atom. The van der Waals surface area contributed by atoms with E-state index in [0.29, 0.717) is 0 Å². The van der Waals surface area contributed by atoms with Crippen molar-refractivity contribution in [2.45, 2.75) is 6.92 Å². The number of nitrogens with two attached hydrogens (primary N) is 1. The molecular formula is C4H7N5O4. The Kier molecular flexibility index (Phi) is 3.86. The van der Waals surface area contributed by atoms with Crippen LogP contribution in [0.5, 0.6) is 0 Å². The maximum absolute atomic E-state index is 10.1. The smallest absolute Gasteiger partial charge is 0.351 e. The van der Waals surface area contributed by atoms with Gasteiger partial charge in [0, 0.05) is 0 Å². The van der Waals surface area contributed by atoms with Gasteiger partial charge in [0.2, 0.25) is 0 Å². The summed E-state index contributed by atoms with van der Waals surface area (Å²) < 4.78 is 0. The SMILES string of the molecule is C/C(=N/N/C(N)=N/[N+](=O)[O-])C(=O)O. The number of carbonyl (C=O) groups is 1. The number of nitrogens with zero attached hydrogens (tertiary/aromatic N) is 3. The van der Waals surface area contributed by atoms with Gasteiger partial charge >= 0.3 is 5.97 Å². The topological polar surface area (TPSA) is 143 Å². The largest absolute Gasteiger partial charge is 0.477 e. The van der Waals surface area contributed by atoms with Crippen molar-refractivity contribution in [1.82, 2.24) is 5.43 Å². The van der Waals surface area contributed by atoms with Gasteiger partial charge in [0.05, 0.1) is 0 Å². The van der Waals surface area contributed by atoms with E-state index in [1.807, 2.05) is 5.43 Å². The van der Waals surface area contributed by atoms with Gasteiger partial charge in [0.15, 0.2) is 5.03 Å². The van der Waals surface area contributed by atoms with Crippen LogP contribution in [0.3, 0.4) is 0 Å². The molecule has 0 aromatic rings. The molecule has 0 heterocycles. The first-order valence-corrected chi connectivity index (χ1v) is 2.95. The Bertz CT molecular complexity index is 282. The summed E-state index contributed by atoms with van der Waals surface area (Å²) in [6, 6.07) is 0. The minimum absolute atomic E-state index is 0.290. The first-order chi connectivity index (χ1) is 5.93. The van der Waals surface area contributed by atoms with Crippen molar-refractivity contribution in [1.29, 1.82) is 0 Å². The average Bonchev–Trinajstić information content (AvgIpc) is 1.98. The average molecular weight is 189 g/mol. The molecule has 13 heavy (non-hydrogen) atoms. The van der Waals surface area contributed by atoms with Crippen LogP contribution in [0.1, 0.15) is 6.92 Å². The van der Waals surface area contributed by atoms with Gasteiger partial charge in [-0.3, -0.25) is 0 Å². The van der Waals surface area contributed by atoms with Crippen LogP contribution in [-0.4, -0.2) is 27.8 Å². The molecule has 0 fully saturated rings. The molecule has 0 unspecified atom stereocenters. The first-order valence-electron chi connectivity index (χ1n) is 2.95. The van der Waals surface area contributed by atoms with E-state index >= 15 is 0 Å². The van der Waals surface area contributed by atoms with E-state index in [1.165, 1.54) is 6.92 Å². The number of guanidine groups is 1. The summed E-state index contributed by atoms with van der Waals surface area (Å²) >= 11 is 0. The highest BCUT2D eigenvalue weighted by molar-refractivity contribution is 6.34. The number of hydrogen-bond donors (Lipinski definition) is 3. The van der Waals surface area contributed by atoms with E-state index < -0.39 is 17.0 Å². The Morgan fingerprint density at radius 2 is 2.23 bits per heavy atom. The molecule has 0 aliphatic carbocycles. The molecule has 9 nitrogen and oxygen atoms in total. The zero-order valence-electron chi connectivity index (χ0n) is 6.59. The molecule has 0 aliphatic heterocycles. The standard InChI is InChI=1S/C4H7N5O4/c1-2(3(10)11)6-7-4(5)8-9(12)13/h1H3,(H,10,11)(H3,5,7,8)/b6-2-. The summed E-state index contributed by atoms with van der Waals surface area (Å²) in [7, 11) is 0. The molecule has 0 rings (SSSR count). The van der Waals surface area contributed by atoms with E-state index in [4.69, 9.17) is 10.8 Å². The molecule has 0 aromatic heterocycles. The van der Waals surface area contributed by atoms with Crippen molar-refractivity contribution in [3.8, 4) is 0 Å². The van der Waals surface area contributed by atoms with Crippen LogP contribution in [0.4, 0.5) is 0 Å². The van der Waals surface area contributed by atoms with Crippen molar-refractivity contribution in [2.24, 2.45) is 15.9 Å². The van der Waals surface area contributed by atoms with Crippen LogP contribution in [0.2, 0.25) is 0 Å². The molecule has 0 aromatic carbocycles. The fourth-order valence-electron chi connectivity index (χ4n) is 0.299. The van der Waals surface area contributed by atoms with Crippen molar-refractivity contribution >= 4 is 17.6 Å². The fraction of sp³-hybridized carbons (Fsp3) is 0.250. The highest BCUT2D eigenvalue weighted by Gasteiger charge is 2.02. The minimum Gasteiger partial charge on any atom is -0.477 e. The maximum atomic E-state index is 10.1. The molecule has 0 saturated carbocycles. The van der Waals surface area contributed by atoms with Crippen LogP contribution < -0.4 is 11.2 Å². The zero-order chi connectivity index (χ0) is 10.4. The van der Waals surface area contributed by atoms with Gasteiger partial charge < -0.3 is 10.8 Å². The Hall–Kier alpha value is -2.19. The van der Waals surface area contributed by atoms with Gasteiger partial charge in [-0.2, -0.15) is 5.10 Å². The van der Waals surface area contributed by atoms with E-state index in [9.17, 15) is 14.9 Å². The minimum atomic E-state index is -1.26. The lowest BCUT2D eigenvalue weighted by Crippen LogP contribution is -2.30. The lowest BCUT2D eigenvalue weighted by molar-refractivity contribution is -0.485. The molecule has 0 amide bonds. The molecule has 0 aliphatic rings. The summed E-state index contributed by atoms with van der Waals surface area (Å²) in [4.78, 5) is 19.9. The number of carboxylic acid groups (broad SMARTS) is 1. The quantitative estimate of drug-likeness (QED) is 0.214. The molecule has 4 N–H and O–H groups in total. The Balaban J connectivity index is 4.24. The van der Waals surface area contributed by atoms with Crippen LogP contribution >= 0.6 is 0 Å². The molecule has 0 spiro atoms. The first kappa shape index (κ1) is 10.8. The van der Waals surface area contributed by atoms with Crippen molar-refractivity contribution < 1.29 is 14.9 Å². The molecule has 0 saturated heterocycles. The molecular weight excluding hydrogens is 182 g/mol. The molecule has 0 bridgehead atoms. The van der Waals surface area contributed by atoms with Crippen LogP contribution in [0, 0.1) is 10.1 Å². The number of nitro groups is 1. The Morgan fingerprint density at radius 3 is 2.62 bits per heavy atom. The van der Waals surface area contributed by atoms with Crippen LogP contribution in [0.15, 0.2) is 10.2 Å². The molecule has 72 valence electrons. The lowest BCUT2D eigenvalue weighted by atomic mass is 10.4. The van der Waals surface area contributed by atoms with Gasteiger partial charge in [-0.25, -0.2) is 20.3 Å². The van der Waals surface area contributed by atoms with Crippen molar-refractivity contribution in [3.05, 3.63) is 10.1 Å². The zero-order valence-corrected chi connectivity index (χ0v) is 6.59. The highest BCUT2D eigenvalue weighted by Crippen LogP contribution is 1.75. The summed E-state index contributed by atoms with van der Waals surface area (Å²) in [6.07, 6.45) is 0. The summed E-state index contributed by atoms with van der Waals surface area (Å²) in [5.74, 6) is -1.85. The number of carboxylic acids is 1. The second-order valence-electron chi connectivity index (χ2n) is 1.84. The Labute approximate surface area is 72.1 Å². The number of hydrogen-bond acceptors (Lipinski definition) is 4. The van der Waals surface area contributed by atoms with E-state index in [1.54, 1.807) is 0 Å². The van der Waals surface area contributed by atoms with Gasteiger partial charge in [-0.05, 0) is 6.92 Å². The van der Waals surface area contributed by atoms with Crippen LogP contribution in [0.25, 0.3) is 0 Å². The van der Waals surface area contributed by atoms with Crippen LogP contribution in [-0.2, 0) is 4.79 Å². The number of hydrazone groups is 2. The third-order valence-electron chi connectivity index (χ3n) is 0.837. The van der Waals surface area contributed by atoms with E-state index in [0.717, 1.165) is 0 Å². The predicted octanol–water partition coefficient (Wildman–Crippen LogP) is -1.46.